The highest BCUT2D eigenvalue weighted by Crippen LogP contribution is 2.34. The van der Waals surface area contributed by atoms with E-state index in [-0.39, 0.29) is 29.3 Å². The first-order chi connectivity index (χ1) is 10.9. The molecule has 0 aliphatic carbocycles. The molecule has 1 aromatic carbocycles. The zero-order chi connectivity index (χ0) is 16.6. The molecule has 2 fully saturated rings. The molecule has 1 aromatic rings. The summed E-state index contributed by atoms with van der Waals surface area (Å²) in [6.45, 7) is 7.40. The van der Waals surface area contributed by atoms with Gasteiger partial charge < -0.3 is 10.2 Å². The smallest absolute Gasteiger partial charge is 0.245 e. The van der Waals surface area contributed by atoms with Crippen molar-refractivity contribution < 1.29 is 9.59 Å². The second-order valence-electron chi connectivity index (χ2n) is 7.72. The number of hydrogen-bond acceptors (Lipinski definition) is 2. The van der Waals surface area contributed by atoms with Gasteiger partial charge >= 0.3 is 0 Å². The van der Waals surface area contributed by atoms with Crippen molar-refractivity contribution in [1.82, 2.24) is 10.2 Å². The van der Waals surface area contributed by atoms with Crippen molar-refractivity contribution in [3.63, 3.8) is 0 Å². The fourth-order valence-corrected chi connectivity index (χ4v) is 3.58. The van der Waals surface area contributed by atoms with Crippen LogP contribution in [0.15, 0.2) is 24.3 Å². The standard InChI is InChI=1S/C19H26N2O2/c1-19(2,3)14-8-6-13(7-9-14)16-5-4-12-21(16)18(23)15-10-11-17(22)20-15/h6-9,15-16H,4-5,10-12H2,1-3H3,(H,20,22)/t15-,16+/m0/s1. The Labute approximate surface area is 138 Å². The number of carbonyl (C=O) groups excluding carboxylic acids is 2. The zero-order valence-corrected chi connectivity index (χ0v) is 14.3. The molecule has 23 heavy (non-hydrogen) atoms. The van der Waals surface area contributed by atoms with Crippen LogP contribution in [0, 0.1) is 0 Å². The average Bonchev–Trinajstić information content (AvgIpc) is 3.14. The van der Waals surface area contributed by atoms with Crippen molar-refractivity contribution in [2.24, 2.45) is 0 Å². The lowest BCUT2D eigenvalue weighted by Gasteiger charge is -2.28. The Hall–Kier alpha value is -1.84. The molecule has 124 valence electrons. The van der Waals surface area contributed by atoms with E-state index in [1.165, 1.54) is 11.1 Å². The van der Waals surface area contributed by atoms with Gasteiger partial charge in [0, 0.05) is 13.0 Å². The number of amides is 2. The van der Waals surface area contributed by atoms with Gasteiger partial charge in [0.05, 0.1) is 6.04 Å². The van der Waals surface area contributed by atoms with Crippen molar-refractivity contribution in [2.45, 2.75) is 64.0 Å². The lowest BCUT2D eigenvalue weighted by Crippen LogP contribution is -2.44. The maximum Gasteiger partial charge on any atom is 0.245 e. The van der Waals surface area contributed by atoms with E-state index in [2.05, 4.69) is 50.4 Å². The number of nitrogens with zero attached hydrogens (tertiary/aromatic N) is 1. The molecular formula is C19H26N2O2. The number of rotatable bonds is 2. The van der Waals surface area contributed by atoms with Gasteiger partial charge in [-0.3, -0.25) is 9.59 Å². The molecule has 2 heterocycles. The first kappa shape index (κ1) is 16.0. The van der Waals surface area contributed by atoms with Crippen LogP contribution in [-0.4, -0.2) is 29.3 Å². The lowest BCUT2D eigenvalue weighted by atomic mass is 9.86. The first-order valence-corrected chi connectivity index (χ1v) is 8.56. The van der Waals surface area contributed by atoms with Crippen LogP contribution in [0.25, 0.3) is 0 Å². The van der Waals surface area contributed by atoms with Gasteiger partial charge in [0.15, 0.2) is 0 Å². The van der Waals surface area contributed by atoms with Crippen LogP contribution in [0.3, 0.4) is 0 Å². The lowest BCUT2D eigenvalue weighted by molar-refractivity contribution is -0.135. The van der Waals surface area contributed by atoms with Crippen LogP contribution >= 0.6 is 0 Å². The summed E-state index contributed by atoms with van der Waals surface area (Å²) >= 11 is 0. The van der Waals surface area contributed by atoms with Crippen LogP contribution in [0.2, 0.25) is 0 Å². The highest BCUT2D eigenvalue weighted by atomic mass is 16.2. The van der Waals surface area contributed by atoms with Gasteiger partial charge in [-0.1, -0.05) is 45.0 Å². The third kappa shape index (κ3) is 3.26. The molecule has 4 nitrogen and oxygen atoms in total. The third-order valence-electron chi connectivity index (χ3n) is 4.99. The summed E-state index contributed by atoms with van der Waals surface area (Å²) in [4.78, 5) is 26.0. The van der Waals surface area contributed by atoms with E-state index in [1.807, 2.05) is 4.90 Å². The number of carbonyl (C=O) groups is 2. The minimum absolute atomic E-state index is 0.00590. The maximum absolute atomic E-state index is 12.7. The van der Waals surface area contributed by atoms with Gasteiger partial charge in [0.25, 0.3) is 0 Å². The molecule has 2 saturated heterocycles. The van der Waals surface area contributed by atoms with Crippen LogP contribution in [0.5, 0.6) is 0 Å². The molecule has 3 rings (SSSR count). The maximum atomic E-state index is 12.7. The molecule has 2 aliphatic heterocycles. The van der Waals surface area contributed by atoms with Crippen LogP contribution in [-0.2, 0) is 15.0 Å². The summed E-state index contributed by atoms with van der Waals surface area (Å²) < 4.78 is 0. The molecule has 1 N–H and O–H groups in total. The summed E-state index contributed by atoms with van der Waals surface area (Å²) in [5, 5.41) is 2.80. The highest BCUT2D eigenvalue weighted by molar-refractivity contribution is 5.91. The molecule has 0 saturated carbocycles. The predicted octanol–water partition coefficient (Wildman–Crippen LogP) is 2.93. The quantitative estimate of drug-likeness (QED) is 0.912. The van der Waals surface area contributed by atoms with Gasteiger partial charge in [-0.05, 0) is 35.8 Å². The van der Waals surface area contributed by atoms with Gasteiger partial charge in [0.1, 0.15) is 6.04 Å². The van der Waals surface area contributed by atoms with E-state index < -0.39 is 0 Å². The predicted molar refractivity (Wildman–Crippen MR) is 90.0 cm³/mol. The molecule has 2 atom stereocenters. The van der Waals surface area contributed by atoms with Gasteiger partial charge in [-0.2, -0.15) is 0 Å². The summed E-state index contributed by atoms with van der Waals surface area (Å²) in [6, 6.07) is 8.49. The molecule has 2 amide bonds. The van der Waals surface area contributed by atoms with E-state index in [9.17, 15) is 9.59 Å². The zero-order valence-electron chi connectivity index (χ0n) is 14.3. The Morgan fingerprint density at radius 1 is 1.17 bits per heavy atom. The summed E-state index contributed by atoms with van der Waals surface area (Å²) in [6.07, 6.45) is 3.12. The van der Waals surface area contributed by atoms with E-state index in [4.69, 9.17) is 0 Å². The van der Waals surface area contributed by atoms with Crippen molar-refractivity contribution in [3.05, 3.63) is 35.4 Å². The van der Waals surface area contributed by atoms with Crippen molar-refractivity contribution in [2.75, 3.05) is 6.54 Å². The van der Waals surface area contributed by atoms with Gasteiger partial charge in [-0.25, -0.2) is 0 Å². The Morgan fingerprint density at radius 2 is 1.87 bits per heavy atom. The average molecular weight is 314 g/mol. The molecule has 0 aromatic heterocycles. The van der Waals surface area contributed by atoms with Crippen LogP contribution < -0.4 is 5.32 Å². The minimum Gasteiger partial charge on any atom is -0.344 e. The summed E-state index contributed by atoms with van der Waals surface area (Å²) in [5.74, 6) is 0.0758. The Morgan fingerprint density at radius 3 is 2.43 bits per heavy atom. The summed E-state index contributed by atoms with van der Waals surface area (Å²) in [5.41, 5.74) is 2.64. The van der Waals surface area contributed by atoms with Gasteiger partial charge in [0.2, 0.25) is 11.8 Å². The fraction of sp³-hybridized carbons (Fsp3) is 0.579. The highest BCUT2D eigenvalue weighted by Gasteiger charge is 2.36. The third-order valence-corrected chi connectivity index (χ3v) is 4.99. The monoisotopic (exact) mass is 314 g/mol. The second-order valence-corrected chi connectivity index (χ2v) is 7.72. The molecule has 0 bridgehead atoms. The number of nitrogens with one attached hydrogen (secondary N) is 1. The summed E-state index contributed by atoms with van der Waals surface area (Å²) in [7, 11) is 0. The molecule has 0 unspecified atom stereocenters. The first-order valence-electron chi connectivity index (χ1n) is 8.56. The van der Waals surface area contributed by atoms with Crippen molar-refractivity contribution in [1.29, 1.82) is 0 Å². The normalized spacial score (nSPS) is 24.8. The largest absolute Gasteiger partial charge is 0.344 e. The number of benzene rings is 1. The van der Waals surface area contributed by atoms with Crippen LogP contribution in [0.1, 0.15) is 63.6 Å². The van der Waals surface area contributed by atoms with E-state index in [1.54, 1.807) is 0 Å². The van der Waals surface area contributed by atoms with E-state index in [0.717, 1.165) is 19.4 Å². The molecule has 0 radical (unpaired) electrons. The van der Waals surface area contributed by atoms with Gasteiger partial charge in [-0.15, -0.1) is 0 Å². The Kier molecular flexibility index (Phi) is 4.17. The van der Waals surface area contributed by atoms with E-state index >= 15 is 0 Å². The minimum atomic E-state index is -0.322. The van der Waals surface area contributed by atoms with E-state index in [0.29, 0.717) is 12.8 Å². The van der Waals surface area contributed by atoms with Crippen LogP contribution in [0.4, 0.5) is 0 Å². The number of hydrogen-bond donors (Lipinski definition) is 1. The second kappa shape index (κ2) is 5.99. The Bertz CT molecular complexity index is 601. The fourth-order valence-electron chi connectivity index (χ4n) is 3.58. The van der Waals surface area contributed by atoms with Crippen molar-refractivity contribution >= 4 is 11.8 Å². The molecular weight excluding hydrogens is 288 g/mol. The number of likely N-dealkylation sites (tertiary alicyclic amines) is 1. The topological polar surface area (TPSA) is 49.4 Å². The van der Waals surface area contributed by atoms with Crippen molar-refractivity contribution in [3.8, 4) is 0 Å². The molecule has 0 spiro atoms. The molecule has 4 heteroatoms. The Balaban J connectivity index is 1.76. The molecule has 2 aliphatic rings. The SMILES string of the molecule is CC(C)(C)c1ccc([C@H]2CCCN2C(=O)[C@@H]2CCC(=O)N2)cc1.